The average molecular weight is 259 g/mol. The average Bonchev–Trinajstić information content (AvgIpc) is 2.31. The Balaban J connectivity index is 2.01. The molecular weight excluding hydrogens is 244 g/mol. The molecule has 0 unspecified atom stereocenters. The van der Waals surface area contributed by atoms with Gasteiger partial charge in [-0.25, -0.2) is 0 Å². The first kappa shape index (κ1) is 12.2. The third kappa shape index (κ3) is 3.14. The van der Waals surface area contributed by atoms with Crippen LogP contribution >= 0.6 is 23.4 Å². The Labute approximate surface area is 105 Å². The predicted octanol–water partition coefficient (Wildman–Crippen LogP) is 3.10. The van der Waals surface area contributed by atoms with Crippen molar-refractivity contribution in [3.8, 4) is 0 Å². The van der Waals surface area contributed by atoms with E-state index in [1.165, 1.54) is 4.90 Å². The topological polar surface area (TPSA) is 29.5 Å². The molecule has 1 aromatic rings. The van der Waals surface area contributed by atoms with E-state index in [-0.39, 0.29) is 6.61 Å². The molecule has 16 heavy (non-hydrogen) atoms. The van der Waals surface area contributed by atoms with Crippen molar-refractivity contribution in [1.29, 1.82) is 0 Å². The van der Waals surface area contributed by atoms with E-state index in [0.29, 0.717) is 10.3 Å². The first-order valence-electron chi connectivity index (χ1n) is 5.43. The standard InChI is InChI=1S/C12H15ClO2S/c13-12-7-11(2-1-9(12)8-14)16-10-3-5-15-6-4-10/h1-2,7,10,14H,3-6,8H2. The van der Waals surface area contributed by atoms with E-state index in [1.807, 2.05) is 30.0 Å². The van der Waals surface area contributed by atoms with Crippen LogP contribution in [0.2, 0.25) is 5.02 Å². The summed E-state index contributed by atoms with van der Waals surface area (Å²) in [6, 6.07) is 5.86. The summed E-state index contributed by atoms with van der Waals surface area (Å²) in [5, 5.41) is 10.3. The lowest BCUT2D eigenvalue weighted by molar-refractivity contribution is 0.100. The van der Waals surface area contributed by atoms with Crippen molar-refractivity contribution in [3.63, 3.8) is 0 Å². The van der Waals surface area contributed by atoms with Crippen molar-refractivity contribution in [2.75, 3.05) is 13.2 Å². The molecule has 1 aromatic carbocycles. The zero-order chi connectivity index (χ0) is 11.4. The summed E-state index contributed by atoms with van der Waals surface area (Å²) in [6.45, 7) is 1.72. The lowest BCUT2D eigenvalue weighted by Crippen LogP contribution is -2.17. The Morgan fingerprint density at radius 1 is 1.38 bits per heavy atom. The number of benzene rings is 1. The summed E-state index contributed by atoms with van der Waals surface area (Å²) in [5.74, 6) is 0. The highest BCUT2D eigenvalue weighted by atomic mass is 35.5. The molecule has 0 aliphatic carbocycles. The fourth-order valence-corrected chi connectivity index (χ4v) is 3.17. The summed E-state index contributed by atoms with van der Waals surface area (Å²) < 4.78 is 5.33. The molecule has 0 saturated carbocycles. The molecule has 0 bridgehead atoms. The van der Waals surface area contributed by atoms with Crippen LogP contribution in [-0.2, 0) is 11.3 Å². The Morgan fingerprint density at radius 2 is 2.12 bits per heavy atom. The molecule has 2 rings (SSSR count). The van der Waals surface area contributed by atoms with Crippen LogP contribution in [0.3, 0.4) is 0 Å². The Hall–Kier alpha value is -0.220. The first-order chi connectivity index (χ1) is 7.79. The van der Waals surface area contributed by atoms with E-state index in [2.05, 4.69) is 0 Å². The van der Waals surface area contributed by atoms with Crippen molar-refractivity contribution in [1.82, 2.24) is 0 Å². The zero-order valence-electron chi connectivity index (χ0n) is 8.99. The molecule has 0 radical (unpaired) electrons. The van der Waals surface area contributed by atoms with Gasteiger partial charge in [-0.05, 0) is 30.5 Å². The maximum absolute atomic E-state index is 9.02. The molecule has 0 amide bonds. The molecule has 4 heteroatoms. The highest BCUT2D eigenvalue weighted by Crippen LogP contribution is 2.32. The first-order valence-corrected chi connectivity index (χ1v) is 6.69. The third-order valence-corrected chi connectivity index (χ3v) is 4.35. The number of aliphatic hydroxyl groups excluding tert-OH is 1. The molecule has 1 aliphatic heterocycles. The second-order valence-electron chi connectivity index (χ2n) is 3.84. The SMILES string of the molecule is OCc1ccc(SC2CCOCC2)cc1Cl. The van der Waals surface area contributed by atoms with Crippen LogP contribution in [0.25, 0.3) is 0 Å². The van der Waals surface area contributed by atoms with Crippen LogP contribution in [0.1, 0.15) is 18.4 Å². The van der Waals surface area contributed by atoms with Gasteiger partial charge in [0.1, 0.15) is 0 Å². The number of ether oxygens (including phenoxy) is 1. The van der Waals surface area contributed by atoms with Gasteiger partial charge in [0.25, 0.3) is 0 Å². The van der Waals surface area contributed by atoms with Gasteiger partial charge >= 0.3 is 0 Å². The smallest absolute Gasteiger partial charge is 0.0696 e. The molecule has 1 N–H and O–H groups in total. The number of halogens is 1. The molecule has 1 fully saturated rings. The molecule has 1 saturated heterocycles. The summed E-state index contributed by atoms with van der Waals surface area (Å²) >= 11 is 7.90. The Bertz CT molecular complexity index is 351. The van der Waals surface area contributed by atoms with E-state index in [9.17, 15) is 0 Å². The molecule has 0 aromatic heterocycles. The summed E-state index contributed by atoms with van der Waals surface area (Å²) in [5.41, 5.74) is 0.790. The monoisotopic (exact) mass is 258 g/mol. The maximum Gasteiger partial charge on any atom is 0.0696 e. The van der Waals surface area contributed by atoms with Crippen molar-refractivity contribution >= 4 is 23.4 Å². The second kappa shape index (κ2) is 5.92. The lowest BCUT2D eigenvalue weighted by atomic mass is 10.2. The van der Waals surface area contributed by atoms with Gasteiger partial charge in [-0.3, -0.25) is 0 Å². The van der Waals surface area contributed by atoms with Crippen molar-refractivity contribution < 1.29 is 9.84 Å². The lowest BCUT2D eigenvalue weighted by Gasteiger charge is -2.21. The molecular formula is C12H15ClO2S. The van der Waals surface area contributed by atoms with E-state index < -0.39 is 0 Å². The highest BCUT2D eigenvalue weighted by molar-refractivity contribution is 8.00. The van der Waals surface area contributed by atoms with E-state index >= 15 is 0 Å². The number of hydrogen-bond donors (Lipinski definition) is 1. The van der Waals surface area contributed by atoms with Gasteiger partial charge in [0.2, 0.25) is 0 Å². The normalized spacial score (nSPS) is 17.6. The van der Waals surface area contributed by atoms with E-state index in [4.69, 9.17) is 21.4 Å². The fourth-order valence-electron chi connectivity index (χ4n) is 1.72. The fraction of sp³-hybridized carbons (Fsp3) is 0.500. The second-order valence-corrected chi connectivity index (χ2v) is 5.62. The number of rotatable bonds is 3. The van der Waals surface area contributed by atoms with Crippen LogP contribution < -0.4 is 0 Å². The number of hydrogen-bond acceptors (Lipinski definition) is 3. The van der Waals surface area contributed by atoms with Gasteiger partial charge in [-0.15, -0.1) is 11.8 Å². The Kier molecular flexibility index (Phi) is 4.53. The van der Waals surface area contributed by atoms with Crippen LogP contribution in [0.15, 0.2) is 23.1 Å². The van der Waals surface area contributed by atoms with Gasteiger partial charge in [0.05, 0.1) is 6.61 Å². The van der Waals surface area contributed by atoms with Crippen molar-refractivity contribution in [3.05, 3.63) is 28.8 Å². The largest absolute Gasteiger partial charge is 0.392 e. The van der Waals surface area contributed by atoms with Crippen LogP contribution in [0, 0.1) is 0 Å². The highest BCUT2D eigenvalue weighted by Gasteiger charge is 2.15. The van der Waals surface area contributed by atoms with Gasteiger partial charge in [-0.1, -0.05) is 17.7 Å². The summed E-state index contributed by atoms with van der Waals surface area (Å²) in [7, 11) is 0. The van der Waals surface area contributed by atoms with E-state index in [1.54, 1.807) is 0 Å². The van der Waals surface area contributed by atoms with Gasteiger partial charge in [0.15, 0.2) is 0 Å². The minimum atomic E-state index is 0.00104. The van der Waals surface area contributed by atoms with Crippen LogP contribution in [0.5, 0.6) is 0 Å². The van der Waals surface area contributed by atoms with Gasteiger partial charge in [0, 0.05) is 28.4 Å². The van der Waals surface area contributed by atoms with Gasteiger partial charge < -0.3 is 9.84 Å². The zero-order valence-corrected chi connectivity index (χ0v) is 10.6. The molecule has 1 heterocycles. The molecule has 2 nitrogen and oxygen atoms in total. The minimum absolute atomic E-state index is 0.00104. The molecule has 0 atom stereocenters. The Morgan fingerprint density at radius 3 is 2.75 bits per heavy atom. The van der Waals surface area contributed by atoms with Crippen LogP contribution in [0.4, 0.5) is 0 Å². The molecule has 88 valence electrons. The summed E-state index contributed by atoms with van der Waals surface area (Å²) in [4.78, 5) is 1.18. The number of aliphatic hydroxyl groups is 1. The summed E-state index contributed by atoms with van der Waals surface area (Å²) in [6.07, 6.45) is 2.20. The molecule has 0 spiro atoms. The third-order valence-electron chi connectivity index (χ3n) is 2.67. The predicted molar refractivity (Wildman–Crippen MR) is 67.1 cm³/mol. The van der Waals surface area contributed by atoms with Gasteiger partial charge in [-0.2, -0.15) is 0 Å². The minimum Gasteiger partial charge on any atom is -0.392 e. The van der Waals surface area contributed by atoms with Crippen molar-refractivity contribution in [2.45, 2.75) is 29.6 Å². The van der Waals surface area contributed by atoms with Crippen molar-refractivity contribution in [2.24, 2.45) is 0 Å². The van der Waals surface area contributed by atoms with E-state index in [0.717, 1.165) is 31.6 Å². The van der Waals surface area contributed by atoms with Crippen LogP contribution in [-0.4, -0.2) is 23.6 Å². The molecule has 1 aliphatic rings. The quantitative estimate of drug-likeness (QED) is 0.904. The number of thioether (sulfide) groups is 1. The maximum atomic E-state index is 9.02.